The number of halogens is 1. The Balaban J connectivity index is 3.33. The summed E-state index contributed by atoms with van der Waals surface area (Å²) in [7, 11) is 0. The monoisotopic (exact) mass is 166 g/mol. The van der Waals surface area contributed by atoms with Crippen LogP contribution in [0.5, 0.6) is 5.75 Å². The van der Waals surface area contributed by atoms with Crippen LogP contribution in [0.2, 0.25) is 0 Å². The minimum Gasteiger partial charge on any atom is -0.293 e. The highest BCUT2D eigenvalue weighted by Crippen LogP contribution is 2.26. The standard InChI is InChI=1S/C10H11FO/c1-4-9-6-7(2)5-8(3)10(9)12-11/h4-6H,1H2,2-3H3. The van der Waals surface area contributed by atoms with Crippen LogP contribution in [-0.2, 0) is 0 Å². The fraction of sp³-hybridized carbons (Fsp3) is 0.200. The van der Waals surface area contributed by atoms with Gasteiger partial charge in [0.25, 0.3) is 0 Å². The van der Waals surface area contributed by atoms with Gasteiger partial charge in [-0.05, 0) is 31.0 Å². The Bertz CT molecular complexity index is 305. The van der Waals surface area contributed by atoms with E-state index < -0.39 is 0 Å². The minimum atomic E-state index is 0.260. The van der Waals surface area contributed by atoms with Gasteiger partial charge in [0.2, 0.25) is 0 Å². The fourth-order valence-corrected chi connectivity index (χ4v) is 1.24. The molecule has 0 radical (unpaired) electrons. The van der Waals surface area contributed by atoms with Gasteiger partial charge < -0.3 is 0 Å². The van der Waals surface area contributed by atoms with Crippen molar-refractivity contribution in [3.05, 3.63) is 35.4 Å². The molecule has 0 aliphatic carbocycles. The first-order chi connectivity index (χ1) is 5.69. The molecule has 1 aromatic rings. The maximum Gasteiger partial charge on any atom is 0.181 e. The van der Waals surface area contributed by atoms with E-state index in [9.17, 15) is 4.53 Å². The number of rotatable bonds is 2. The lowest BCUT2D eigenvalue weighted by Crippen LogP contribution is -1.88. The van der Waals surface area contributed by atoms with Crippen molar-refractivity contribution < 1.29 is 9.47 Å². The summed E-state index contributed by atoms with van der Waals surface area (Å²) in [5, 5.41) is 0. The average molecular weight is 166 g/mol. The van der Waals surface area contributed by atoms with E-state index in [-0.39, 0.29) is 5.75 Å². The lowest BCUT2D eigenvalue weighted by atomic mass is 10.1. The lowest BCUT2D eigenvalue weighted by molar-refractivity contribution is -0.00727. The molecule has 0 spiro atoms. The zero-order valence-corrected chi connectivity index (χ0v) is 7.23. The summed E-state index contributed by atoms with van der Waals surface area (Å²) in [6.07, 6.45) is 1.58. The lowest BCUT2D eigenvalue weighted by Gasteiger charge is -2.05. The quantitative estimate of drug-likeness (QED) is 0.655. The third-order valence-electron chi connectivity index (χ3n) is 1.74. The first-order valence-corrected chi connectivity index (χ1v) is 3.71. The Hall–Kier alpha value is -1.31. The Morgan fingerprint density at radius 3 is 2.58 bits per heavy atom. The van der Waals surface area contributed by atoms with E-state index in [4.69, 9.17) is 0 Å². The summed E-state index contributed by atoms with van der Waals surface area (Å²) in [5.74, 6) is 0.260. The van der Waals surface area contributed by atoms with Crippen LogP contribution in [0.3, 0.4) is 0 Å². The van der Waals surface area contributed by atoms with E-state index in [2.05, 4.69) is 11.5 Å². The highest BCUT2D eigenvalue weighted by Gasteiger charge is 2.05. The fourth-order valence-electron chi connectivity index (χ4n) is 1.24. The maximum atomic E-state index is 12.0. The van der Waals surface area contributed by atoms with E-state index in [1.807, 2.05) is 19.1 Å². The molecule has 0 aliphatic rings. The first kappa shape index (κ1) is 8.78. The molecule has 0 fully saturated rings. The topological polar surface area (TPSA) is 9.23 Å². The highest BCUT2D eigenvalue weighted by atomic mass is 19.3. The summed E-state index contributed by atoms with van der Waals surface area (Å²) < 4.78 is 12.0. The van der Waals surface area contributed by atoms with E-state index in [0.717, 1.165) is 11.1 Å². The van der Waals surface area contributed by atoms with Gasteiger partial charge >= 0.3 is 0 Å². The molecule has 1 nitrogen and oxygen atoms in total. The molecule has 2 heteroatoms. The summed E-state index contributed by atoms with van der Waals surface area (Å²) >= 11 is 0. The van der Waals surface area contributed by atoms with Gasteiger partial charge in [-0.2, -0.15) is 0 Å². The van der Waals surface area contributed by atoms with Crippen LogP contribution in [0.15, 0.2) is 18.7 Å². The van der Waals surface area contributed by atoms with Crippen molar-refractivity contribution in [2.45, 2.75) is 13.8 Å². The van der Waals surface area contributed by atoms with Crippen molar-refractivity contribution in [1.29, 1.82) is 0 Å². The molecule has 0 aliphatic heterocycles. The van der Waals surface area contributed by atoms with Crippen molar-refractivity contribution in [3.63, 3.8) is 0 Å². The highest BCUT2D eigenvalue weighted by molar-refractivity contribution is 5.59. The van der Waals surface area contributed by atoms with Crippen molar-refractivity contribution in [2.24, 2.45) is 0 Å². The van der Waals surface area contributed by atoms with E-state index in [0.29, 0.717) is 5.56 Å². The van der Waals surface area contributed by atoms with Gasteiger partial charge in [-0.15, -0.1) is 0 Å². The number of hydrogen-bond acceptors (Lipinski definition) is 1. The van der Waals surface area contributed by atoms with Gasteiger partial charge in [-0.1, -0.05) is 18.7 Å². The van der Waals surface area contributed by atoms with Crippen LogP contribution >= 0.6 is 0 Å². The summed E-state index contributed by atoms with van der Waals surface area (Å²) in [6, 6.07) is 3.69. The SMILES string of the molecule is C=Cc1cc(C)cc(C)c1OF. The molecule has 12 heavy (non-hydrogen) atoms. The molecular formula is C10H11FO. The molecule has 0 amide bonds. The van der Waals surface area contributed by atoms with Gasteiger partial charge in [0.05, 0.1) is 0 Å². The van der Waals surface area contributed by atoms with Crippen LogP contribution in [0.1, 0.15) is 16.7 Å². The summed E-state index contributed by atoms with van der Waals surface area (Å²) in [6.45, 7) is 7.32. The predicted molar refractivity (Wildman–Crippen MR) is 47.7 cm³/mol. The molecule has 0 aromatic heterocycles. The number of benzene rings is 1. The normalized spacial score (nSPS) is 9.58. The molecule has 1 rings (SSSR count). The molecule has 0 N–H and O–H groups in total. The van der Waals surface area contributed by atoms with Crippen LogP contribution in [-0.4, -0.2) is 0 Å². The molecule has 0 unspecified atom stereocenters. The van der Waals surface area contributed by atoms with Gasteiger partial charge in [-0.3, -0.25) is 4.94 Å². The van der Waals surface area contributed by atoms with Gasteiger partial charge in [0.15, 0.2) is 5.75 Å². The molecule has 64 valence electrons. The molecule has 0 saturated heterocycles. The summed E-state index contributed by atoms with van der Waals surface area (Å²) in [4.78, 5) is 3.75. The second-order valence-corrected chi connectivity index (χ2v) is 2.78. The van der Waals surface area contributed by atoms with Gasteiger partial charge in [-0.25, -0.2) is 0 Å². The van der Waals surface area contributed by atoms with Crippen LogP contribution in [0.25, 0.3) is 6.08 Å². The number of aryl methyl sites for hydroxylation is 2. The Morgan fingerprint density at radius 1 is 1.42 bits per heavy atom. The van der Waals surface area contributed by atoms with Crippen molar-refractivity contribution in [3.8, 4) is 5.75 Å². The predicted octanol–water partition coefficient (Wildman–Crippen LogP) is 3.21. The first-order valence-electron chi connectivity index (χ1n) is 3.71. The van der Waals surface area contributed by atoms with E-state index >= 15 is 0 Å². The number of hydrogen-bond donors (Lipinski definition) is 0. The van der Waals surface area contributed by atoms with Gasteiger partial charge in [0.1, 0.15) is 0 Å². The molecule has 0 atom stereocenters. The van der Waals surface area contributed by atoms with Gasteiger partial charge in [0, 0.05) is 10.1 Å². The Labute approximate surface area is 71.4 Å². The zero-order chi connectivity index (χ0) is 9.14. The average Bonchev–Trinajstić information content (AvgIpc) is 2.03. The summed E-state index contributed by atoms with van der Waals surface area (Å²) in [5.41, 5.74) is 2.55. The molecule has 0 saturated carbocycles. The molecule has 1 aromatic carbocycles. The largest absolute Gasteiger partial charge is 0.293 e. The maximum absolute atomic E-state index is 12.0. The smallest absolute Gasteiger partial charge is 0.181 e. The van der Waals surface area contributed by atoms with E-state index in [1.54, 1.807) is 13.0 Å². The molecule has 0 bridgehead atoms. The van der Waals surface area contributed by atoms with Crippen LogP contribution in [0, 0.1) is 13.8 Å². The minimum absolute atomic E-state index is 0.260. The molecule has 0 heterocycles. The van der Waals surface area contributed by atoms with Crippen molar-refractivity contribution in [2.75, 3.05) is 0 Å². The third kappa shape index (κ3) is 1.47. The zero-order valence-electron chi connectivity index (χ0n) is 7.23. The van der Waals surface area contributed by atoms with Crippen LogP contribution < -0.4 is 4.94 Å². The van der Waals surface area contributed by atoms with Crippen molar-refractivity contribution >= 4 is 6.08 Å². The van der Waals surface area contributed by atoms with Crippen LogP contribution in [0.4, 0.5) is 4.53 Å². The third-order valence-corrected chi connectivity index (χ3v) is 1.74. The van der Waals surface area contributed by atoms with Crippen molar-refractivity contribution in [1.82, 2.24) is 0 Å². The molecular weight excluding hydrogens is 155 g/mol. The van der Waals surface area contributed by atoms with E-state index in [1.165, 1.54) is 0 Å². The second kappa shape index (κ2) is 3.39. The second-order valence-electron chi connectivity index (χ2n) is 2.78. The Kier molecular flexibility index (Phi) is 2.48. The Morgan fingerprint density at radius 2 is 2.08 bits per heavy atom.